The molecular formula is C22H29ClN4OS. The first-order valence-corrected chi connectivity index (χ1v) is 11.6. The number of halogens is 1. The maximum absolute atomic E-state index is 12.4. The summed E-state index contributed by atoms with van der Waals surface area (Å²) in [7, 11) is 0. The van der Waals surface area contributed by atoms with Gasteiger partial charge in [-0.25, -0.2) is 0 Å². The van der Waals surface area contributed by atoms with Gasteiger partial charge in [-0.05, 0) is 37.0 Å². The van der Waals surface area contributed by atoms with Crippen molar-refractivity contribution in [3.05, 3.63) is 47.3 Å². The molecule has 7 heteroatoms. The Kier molecular flexibility index (Phi) is 8.19. The molecule has 1 N–H and O–H groups in total. The molecule has 0 unspecified atom stereocenters. The van der Waals surface area contributed by atoms with Crippen LogP contribution in [0.1, 0.15) is 49.9 Å². The zero-order chi connectivity index (χ0) is 20.6. The number of amides is 1. The monoisotopic (exact) mass is 432 g/mol. The fourth-order valence-electron chi connectivity index (χ4n) is 3.78. The summed E-state index contributed by atoms with van der Waals surface area (Å²) in [6.07, 6.45) is 10.7. The molecule has 0 spiro atoms. The van der Waals surface area contributed by atoms with E-state index in [1.165, 1.54) is 43.9 Å². The van der Waals surface area contributed by atoms with Crippen molar-refractivity contribution in [2.24, 2.45) is 5.92 Å². The van der Waals surface area contributed by atoms with E-state index in [0.717, 1.165) is 41.0 Å². The van der Waals surface area contributed by atoms with Crippen molar-refractivity contribution in [1.29, 1.82) is 0 Å². The smallest absolute Gasteiger partial charge is 0.234 e. The Hall–Kier alpha value is -1.79. The number of carbonyl (C=O) groups is 1. The first kappa shape index (κ1) is 21.9. The summed E-state index contributed by atoms with van der Waals surface area (Å²) in [5.74, 6) is 1.98. The summed E-state index contributed by atoms with van der Waals surface area (Å²) in [4.78, 5) is 12.4. The highest BCUT2D eigenvalue weighted by molar-refractivity contribution is 7.99. The predicted molar refractivity (Wildman–Crippen MR) is 121 cm³/mol. The first-order valence-electron chi connectivity index (χ1n) is 10.3. The quantitative estimate of drug-likeness (QED) is 0.409. The van der Waals surface area contributed by atoms with Crippen molar-refractivity contribution in [1.82, 2.24) is 14.8 Å². The lowest BCUT2D eigenvalue weighted by molar-refractivity contribution is -0.113. The van der Waals surface area contributed by atoms with Crippen LogP contribution in [0.15, 0.2) is 36.0 Å². The van der Waals surface area contributed by atoms with Gasteiger partial charge in [-0.15, -0.1) is 16.8 Å². The number of aryl methyl sites for hydroxylation is 2. The molecule has 0 aliphatic heterocycles. The van der Waals surface area contributed by atoms with E-state index in [-0.39, 0.29) is 11.7 Å². The van der Waals surface area contributed by atoms with Gasteiger partial charge in [0.1, 0.15) is 5.82 Å². The van der Waals surface area contributed by atoms with Crippen molar-refractivity contribution >= 4 is 35.0 Å². The van der Waals surface area contributed by atoms with Gasteiger partial charge < -0.3 is 9.88 Å². The van der Waals surface area contributed by atoms with Crippen LogP contribution in [0.5, 0.6) is 0 Å². The predicted octanol–water partition coefficient (Wildman–Crippen LogP) is 5.67. The topological polar surface area (TPSA) is 59.8 Å². The molecule has 1 aromatic heterocycles. The molecule has 29 heavy (non-hydrogen) atoms. The summed E-state index contributed by atoms with van der Waals surface area (Å²) in [6, 6.07) is 5.47. The fraction of sp³-hybridized carbons (Fsp3) is 0.500. The van der Waals surface area contributed by atoms with Crippen LogP contribution in [-0.2, 0) is 17.8 Å². The molecule has 5 nitrogen and oxygen atoms in total. The molecule has 2 aromatic rings. The van der Waals surface area contributed by atoms with Gasteiger partial charge >= 0.3 is 0 Å². The van der Waals surface area contributed by atoms with Crippen molar-refractivity contribution < 1.29 is 4.79 Å². The molecular weight excluding hydrogens is 404 g/mol. The third-order valence-electron chi connectivity index (χ3n) is 5.41. The Balaban J connectivity index is 1.58. The average molecular weight is 433 g/mol. The molecule has 156 valence electrons. The van der Waals surface area contributed by atoms with Crippen LogP contribution in [-0.4, -0.2) is 26.4 Å². The number of nitrogens with zero attached hydrogens (tertiary/aromatic N) is 3. The number of thioether (sulfide) groups is 1. The van der Waals surface area contributed by atoms with Gasteiger partial charge in [-0.2, -0.15) is 0 Å². The summed E-state index contributed by atoms with van der Waals surface area (Å²) in [5, 5.41) is 13.0. The number of nitrogens with one attached hydrogen (secondary N) is 1. The minimum absolute atomic E-state index is 0.0859. The largest absolute Gasteiger partial charge is 0.325 e. The highest BCUT2D eigenvalue weighted by Crippen LogP contribution is 2.28. The van der Waals surface area contributed by atoms with Gasteiger partial charge in [-0.3, -0.25) is 4.79 Å². The highest BCUT2D eigenvalue weighted by Gasteiger charge is 2.17. The molecule has 1 aliphatic rings. The molecule has 0 bridgehead atoms. The number of benzene rings is 1. The van der Waals surface area contributed by atoms with E-state index in [1.807, 2.05) is 25.1 Å². The van der Waals surface area contributed by atoms with Gasteiger partial charge in [0.2, 0.25) is 5.91 Å². The third kappa shape index (κ3) is 6.34. The van der Waals surface area contributed by atoms with E-state index in [9.17, 15) is 4.79 Å². The van der Waals surface area contributed by atoms with Crippen molar-refractivity contribution in [2.75, 3.05) is 11.1 Å². The van der Waals surface area contributed by atoms with Crippen LogP contribution < -0.4 is 5.32 Å². The molecule has 1 aliphatic carbocycles. The number of anilines is 1. The Morgan fingerprint density at radius 1 is 1.34 bits per heavy atom. The number of hydrogen-bond donors (Lipinski definition) is 1. The van der Waals surface area contributed by atoms with Crippen LogP contribution >= 0.6 is 23.4 Å². The minimum atomic E-state index is -0.0859. The van der Waals surface area contributed by atoms with E-state index in [0.29, 0.717) is 11.6 Å². The Morgan fingerprint density at radius 2 is 2.14 bits per heavy atom. The molecule has 1 aromatic carbocycles. The van der Waals surface area contributed by atoms with Crippen LogP contribution in [0.4, 0.5) is 5.69 Å². The molecule has 0 atom stereocenters. The van der Waals surface area contributed by atoms with Crippen molar-refractivity contribution in [2.45, 2.75) is 63.6 Å². The van der Waals surface area contributed by atoms with Crippen LogP contribution in [0.3, 0.4) is 0 Å². The Morgan fingerprint density at radius 3 is 2.90 bits per heavy atom. The fourth-order valence-corrected chi connectivity index (χ4v) is 4.72. The number of hydrogen-bond acceptors (Lipinski definition) is 4. The van der Waals surface area contributed by atoms with E-state index in [1.54, 1.807) is 6.07 Å². The van der Waals surface area contributed by atoms with Gasteiger partial charge in [0.05, 0.1) is 5.75 Å². The number of aromatic nitrogens is 3. The van der Waals surface area contributed by atoms with E-state index >= 15 is 0 Å². The highest BCUT2D eigenvalue weighted by atomic mass is 35.5. The summed E-state index contributed by atoms with van der Waals surface area (Å²) >= 11 is 7.43. The second-order valence-corrected chi connectivity index (χ2v) is 9.02. The first-order chi connectivity index (χ1) is 14.1. The number of carbonyl (C=O) groups excluding carboxylic acids is 1. The lowest BCUT2D eigenvalue weighted by atomic mass is 9.86. The van der Waals surface area contributed by atoms with Gasteiger partial charge in [0, 0.05) is 23.7 Å². The normalized spacial score (nSPS) is 14.7. The molecule has 1 fully saturated rings. The number of rotatable bonds is 9. The molecule has 1 saturated carbocycles. The Bertz CT molecular complexity index is 845. The van der Waals surface area contributed by atoms with Gasteiger partial charge in [0.15, 0.2) is 5.16 Å². The van der Waals surface area contributed by atoms with Crippen LogP contribution in [0, 0.1) is 12.8 Å². The summed E-state index contributed by atoms with van der Waals surface area (Å²) in [5.41, 5.74) is 1.72. The second kappa shape index (κ2) is 10.8. The lowest BCUT2D eigenvalue weighted by Crippen LogP contribution is -2.15. The minimum Gasteiger partial charge on any atom is -0.325 e. The van der Waals surface area contributed by atoms with E-state index < -0.39 is 0 Å². The molecule has 1 amide bonds. The van der Waals surface area contributed by atoms with E-state index in [4.69, 9.17) is 11.6 Å². The van der Waals surface area contributed by atoms with Gasteiger partial charge in [0.25, 0.3) is 0 Å². The molecule has 0 saturated heterocycles. The summed E-state index contributed by atoms with van der Waals surface area (Å²) in [6.45, 7) is 6.46. The lowest BCUT2D eigenvalue weighted by Gasteiger charge is -2.21. The zero-order valence-electron chi connectivity index (χ0n) is 17.0. The van der Waals surface area contributed by atoms with Gasteiger partial charge in [-0.1, -0.05) is 67.6 Å². The average Bonchev–Trinajstić information content (AvgIpc) is 3.10. The zero-order valence-corrected chi connectivity index (χ0v) is 18.6. The maximum Gasteiger partial charge on any atom is 0.234 e. The maximum atomic E-state index is 12.4. The SMILES string of the molecule is C=CCn1c(CCC2CCCCC2)nnc1SCC(=O)Nc1cc(Cl)ccc1C. The molecule has 3 rings (SSSR count). The van der Waals surface area contributed by atoms with Crippen LogP contribution in [0.25, 0.3) is 0 Å². The number of allylic oxidation sites excluding steroid dienone is 1. The summed E-state index contributed by atoms with van der Waals surface area (Å²) < 4.78 is 2.08. The van der Waals surface area contributed by atoms with E-state index in [2.05, 4.69) is 26.7 Å². The van der Waals surface area contributed by atoms with Crippen molar-refractivity contribution in [3.8, 4) is 0 Å². The van der Waals surface area contributed by atoms with Crippen LogP contribution in [0.2, 0.25) is 5.02 Å². The second-order valence-electron chi connectivity index (χ2n) is 7.64. The third-order valence-corrected chi connectivity index (χ3v) is 6.61. The standard InChI is InChI=1S/C22H29ClN4OS/c1-3-13-27-20(12-10-17-7-5-4-6-8-17)25-26-22(27)29-15-21(28)24-19-14-18(23)11-9-16(19)2/h3,9,11,14,17H,1,4-8,10,12-13,15H2,2H3,(H,24,28). The van der Waals surface area contributed by atoms with Crippen molar-refractivity contribution in [3.63, 3.8) is 0 Å². The molecule has 1 heterocycles. The molecule has 0 radical (unpaired) electrons. The Labute approximate surface area is 182 Å².